The Morgan fingerprint density at radius 1 is 1.22 bits per heavy atom. The van der Waals surface area contributed by atoms with Gasteiger partial charge >= 0.3 is 0 Å². The molecule has 1 atom stereocenters. The first kappa shape index (κ1) is 16.5. The van der Waals surface area contributed by atoms with Crippen LogP contribution >= 0.6 is 0 Å². The van der Waals surface area contributed by atoms with E-state index in [0.29, 0.717) is 11.3 Å². The van der Waals surface area contributed by atoms with Crippen LogP contribution in [0.3, 0.4) is 0 Å². The van der Waals surface area contributed by atoms with E-state index in [0.717, 1.165) is 11.3 Å². The average Bonchev–Trinajstić information content (AvgIpc) is 2.60. The number of ether oxygens (including phenoxy) is 1. The van der Waals surface area contributed by atoms with Gasteiger partial charge in [0.25, 0.3) is 0 Å². The second kappa shape index (κ2) is 7.97. The summed E-state index contributed by atoms with van der Waals surface area (Å²) in [5.41, 5.74) is 1.95. The fourth-order valence-electron chi connectivity index (χ4n) is 2.26. The highest BCUT2D eigenvalue weighted by Crippen LogP contribution is 2.24. The number of amides is 1. The van der Waals surface area contributed by atoms with E-state index in [9.17, 15) is 4.79 Å². The van der Waals surface area contributed by atoms with Crippen molar-refractivity contribution in [1.29, 1.82) is 5.26 Å². The van der Waals surface area contributed by atoms with Gasteiger partial charge in [0, 0.05) is 11.6 Å². The van der Waals surface area contributed by atoms with E-state index in [1.165, 1.54) is 0 Å². The van der Waals surface area contributed by atoms with Crippen molar-refractivity contribution in [2.45, 2.75) is 13.0 Å². The van der Waals surface area contributed by atoms with E-state index in [1.807, 2.05) is 31.2 Å². The number of nitrogens with one attached hydrogen (secondary N) is 2. The van der Waals surface area contributed by atoms with Crippen LogP contribution in [0.25, 0.3) is 0 Å². The van der Waals surface area contributed by atoms with Crippen molar-refractivity contribution in [2.75, 3.05) is 19.0 Å². The van der Waals surface area contributed by atoms with Crippen LogP contribution in [0.2, 0.25) is 0 Å². The van der Waals surface area contributed by atoms with Crippen LogP contribution in [0.5, 0.6) is 5.75 Å². The van der Waals surface area contributed by atoms with Crippen LogP contribution in [0.1, 0.15) is 24.1 Å². The molecule has 0 fully saturated rings. The molecule has 0 aliphatic rings. The van der Waals surface area contributed by atoms with Gasteiger partial charge in [0.1, 0.15) is 11.8 Å². The summed E-state index contributed by atoms with van der Waals surface area (Å²) in [6, 6.07) is 16.6. The Bertz CT molecular complexity index is 722. The molecule has 0 bridgehead atoms. The van der Waals surface area contributed by atoms with E-state index < -0.39 is 0 Å². The van der Waals surface area contributed by atoms with Crippen LogP contribution in [-0.4, -0.2) is 19.6 Å². The summed E-state index contributed by atoms with van der Waals surface area (Å²) < 4.78 is 5.32. The van der Waals surface area contributed by atoms with E-state index in [-0.39, 0.29) is 18.5 Å². The van der Waals surface area contributed by atoms with Gasteiger partial charge in [-0.1, -0.05) is 30.3 Å². The van der Waals surface area contributed by atoms with E-state index in [1.54, 1.807) is 31.4 Å². The van der Waals surface area contributed by atoms with E-state index >= 15 is 0 Å². The predicted molar refractivity (Wildman–Crippen MR) is 89.2 cm³/mol. The summed E-state index contributed by atoms with van der Waals surface area (Å²) in [4.78, 5) is 12.1. The molecule has 118 valence electrons. The fourth-order valence-corrected chi connectivity index (χ4v) is 2.26. The molecule has 0 aromatic heterocycles. The molecule has 0 heterocycles. The molecule has 1 amide bonds. The maximum atomic E-state index is 12.1. The SMILES string of the molecule is COc1ccccc1[C@H](C)NCC(=O)Nc1ccccc1C#N. The normalized spacial score (nSPS) is 11.3. The lowest BCUT2D eigenvalue weighted by Crippen LogP contribution is -2.30. The fraction of sp³-hybridized carbons (Fsp3) is 0.222. The average molecular weight is 309 g/mol. The summed E-state index contributed by atoms with van der Waals surface area (Å²) in [5.74, 6) is 0.581. The second-order valence-electron chi connectivity index (χ2n) is 5.05. The number of rotatable bonds is 6. The Balaban J connectivity index is 1.95. The number of para-hydroxylation sites is 2. The highest BCUT2D eigenvalue weighted by molar-refractivity contribution is 5.93. The number of benzene rings is 2. The monoisotopic (exact) mass is 309 g/mol. The molecule has 2 aromatic carbocycles. The molecule has 0 aliphatic carbocycles. The van der Waals surface area contributed by atoms with Crippen LogP contribution < -0.4 is 15.4 Å². The number of nitrogens with zero attached hydrogens (tertiary/aromatic N) is 1. The van der Waals surface area contributed by atoms with Crippen LogP contribution in [0.4, 0.5) is 5.69 Å². The number of carbonyl (C=O) groups excluding carboxylic acids is 1. The third-order valence-corrected chi connectivity index (χ3v) is 3.50. The lowest BCUT2D eigenvalue weighted by Gasteiger charge is -2.17. The summed E-state index contributed by atoms with van der Waals surface area (Å²) in [5, 5.41) is 14.9. The number of nitriles is 1. The first-order valence-corrected chi connectivity index (χ1v) is 7.31. The van der Waals surface area contributed by atoms with Crippen molar-refractivity contribution >= 4 is 11.6 Å². The molecule has 0 spiro atoms. The minimum absolute atomic E-state index is 0.0388. The van der Waals surface area contributed by atoms with Crippen molar-refractivity contribution in [1.82, 2.24) is 5.32 Å². The first-order chi connectivity index (χ1) is 11.2. The molecule has 0 unspecified atom stereocenters. The van der Waals surface area contributed by atoms with Gasteiger partial charge in [0.15, 0.2) is 0 Å². The van der Waals surface area contributed by atoms with Crippen molar-refractivity contribution in [3.63, 3.8) is 0 Å². The zero-order valence-electron chi connectivity index (χ0n) is 13.2. The third-order valence-electron chi connectivity index (χ3n) is 3.50. The molecular weight excluding hydrogens is 290 g/mol. The van der Waals surface area contributed by atoms with Gasteiger partial charge in [0.05, 0.1) is 24.9 Å². The van der Waals surface area contributed by atoms with Crippen LogP contribution in [-0.2, 0) is 4.79 Å². The molecule has 2 rings (SSSR count). The smallest absolute Gasteiger partial charge is 0.238 e. The summed E-state index contributed by atoms with van der Waals surface area (Å²) in [7, 11) is 1.62. The highest BCUT2D eigenvalue weighted by Gasteiger charge is 2.12. The zero-order valence-corrected chi connectivity index (χ0v) is 13.2. The van der Waals surface area contributed by atoms with Gasteiger partial charge in [-0.2, -0.15) is 5.26 Å². The largest absolute Gasteiger partial charge is 0.496 e. The zero-order chi connectivity index (χ0) is 16.7. The maximum Gasteiger partial charge on any atom is 0.238 e. The molecule has 23 heavy (non-hydrogen) atoms. The Hall–Kier alpha value is -2.84. The lowest BCUT2D eigenvalue weighted by molar-refractivity contribution is -0.115. The summed E-state index contributed by atoms with van der Waals surface area (Å²) in [6.45, 7) is 2.10. The molecule has 0 saturated carbocycles. The molecular formula is C18H19N3O2. The molecule has 0 aliphatic heterocycles. The summed E-state index contributed by atoms with van der Waals surface area (Å²) in [6.07, 6.45) is 0. The first-order valence-electron chi connectivity index (χ1n) is 7.31. The minimum atomic E-state index is -0.200. The summed E-state index contributed by atoms with van der Waals surface area (Å²) >= 11 is 0. The molecule has 5 nitrogen and oxygen atoms in total. The third kappa shape index (κ3) is 4.31. The topological polar surface area (TPSA) is 74.2 Å². The molecule has 2 aromatic rings. The van der Waals surface area contributed by atoms with Crippen molar-refractivity contribution in [2.24, 2.45) is 0 Å². The molecule has 0 saturated heterocycles. The van der Waals surface area contributed by atoms with E-state index in [2.05, 4.69) is 16.7 Å². The number of hydrogen-bond acceptors (Lipinski definition) is 4. The minimum Gasteiger partial charge on any atom is -0.496 e. The Kier molecular flexibility index (Phi) is 5.73. The van der Waals surface area contributed by atoms with Gasteiger partial charge < -0.3 is 15.4 Å². The Morgan fingerprint density at radius 2 is 1.91 bits per heavy atom. The number of methoxy groups -OCH3 is 1. The quantitative estimate of drug-likeness (QED) is 0.860. The van der Waals surface area contributed by atoms with Crippen molar-refractivity contribution in [3.05, 3.63) is 59.7 Å². The van der Waals surface area contributed by atoms with Gasteiger partial charge in [-0.05, 0) is 25.1 Å². The Morgan fingerprint density at radius 3 is 2.65 bits per heavy atom. The molecule has 0 radical (unpaired) electrons. The lowest BCUT2D eigenvalue weighted by atomic mass is 10.1. The second-order valence-corrected chi connectivity index (χ2v) is 5.05. The molecule has 5 heteroatoms. The maximum absolute atomic E-state index is 12.1. The molecule has 2 N–H and O–H groups in total. The van der Waals surface area contributed by atoms with E-state index in [4.69, 9.17) is 10.00 Å². The predicted octanol–water partition coefficient (Wildman–Crippen LogP) is 2.86. The number of anilines is 1. The van der Waals surface area contributed by atoms with Crippen molar-refractivity contribution in [3.8, 4) is 11.8 Å². The van der Waals surface area contributed by atoms with Gasteiger partial charge in [-0.3, -0.25) is 4.79 Å². The van der Waals surface area contributed by atoms with Gasteiger partial charge in [-0.25, -0.2) is 0 Å². The van der Waals surface area contributed by atoms with Gasteiger partial charge in [-0.15, -0.1) is 0 Å². The van der Waals surface area contributed by atoms with Crippen LogP contribution in [0, 0.1) is 11.3 Å². The number of hydrogen-bond donors (Lipinski definition) is 2. The van der Waals surface area contributed by atoms with Crippen molar-refractivity contribution < 1.29 is 9.53 Å². The number of carbonyl (C=O) groups is 1. The van der Waals surface area contributed by atoms with Gasteiger partial charge in [0.2, 0.25) is 5.91 Å². The standard InChI is InChI=1S/C18H19N3O2/c1-13(15-8-4-6-10-17(15)23-2)20-12-18(22)21-16-9-5-3-7-14(16)11-19/h3-10,13,20H,12H2,1-2H3,(H,21,22)/t13-/m0/s1. The highest BCUT2D eigenvalue weighted by atomic mass is 16.5. The van der Waals surface area contributed by atoms with Crippen LogP contribution in [0.15, 0.2) is 48.5 Å². The Labute approximate surface area is 135 Å².